The molecule has 1 aromatic rings. The first-order chi connectivity index (χ1) is 11.1. The molecule has 136 valence electrons. The van der Waals surface area contributed by atoms with Crippen LogP contribution in [0.1, 0.15) is 12.8 Å². The van der Waals surface area contributed by atoms with Crippen molar-refractivity contribution in [1.29, 1.82) is 0 Å². The Balaban J connectivity index is 2.26. The van der Waals surface area contributed by atoms with E-state index in [-0.39, 0.29) is 4.90 Å². The molecule has 24 heavy (non-hydrogen) atoms. The maximum Gasteiger partial charge on any atom is 0.273 e. The molecule has 0 bridgehead atoms. The normalized spacial score (nSPS) is 17.3. The lowest BCUT2D eigenvalue weighted by Gasteiger charge is -2.17. The van der Waals surface area contributed by atoms with Crippen LogP contribution in [0.25, 0.3) is 0 Å². The Morgan fingerprint density at radius 3 is 2.29 bits per heavy atom. The van der Waals surface area contributed by atoms with Crippen LogP contribution >= 0.6 is 0 Å². The highest BCUT2D eigenvalue weighted by Crippen LogP contribution is 2.23. The van der Waals surface area contributed by atoms with Crippen LogP contribution in [0.2, 0.25) is 0 Å². The Morgan fingerprint density at radius 1 is 1.12 bits per heavy atom. The van der Waals surface area contributed by atoms with Crippen molar-refractivity contribution in [2.75, 3.05) is 26.2 Å². The second-order valence-electron chi connectivity index (χ2n) is 5.47. The molecule has 0 atom stereocenters. The molecule has 11 heteroatoms. The molecule has 1 saturated heterocycles. The first kappa shape index (κ1) is 19.2. The van der Waals surface area contributed by atoms with Gasteiger partial charge in [0, 0.05) is 13.1 Å². The van der Waals surface area contributed by atoms with Gasteiger partial charge in [0.05, 0.1) is 22.9 Å². The number of nitrogens with two attached hydrogens (primary N) is 1. The summed E-state index contributed by atoms with van der Waals surface area (Å²) < 4.78 is 78.4. The fourth-order valence-electron chi connectivity index (χ4n) is 2.24. The van der Waals surface area contributed by atoms with Crippen molar-refractivity contribution in [1.82, 2.24) is 9.03 Å². The number of sulfonamides is 2. The van der Waals surface area contributed by atoms with Crippen molar-refractivity contribution >= 4 is 20.0 Å². The topological polar surface area (TPSA) is 110 Å². The van der Waals surface area contributed by atoms with Gasteiger partial charge in [-0.25, -0.2) is 30.3 Å². The molecule has 7 nitrogen and oxygen atoms in total. The average Bonchev–Trinajstić information content (AvgIpc) is 3.09. The fourth-order valence-corrected chi connectivity index (χ4v) is 4.98. The number of hydrogen-bond acceptors (Lipinski definition) is 5. The van der Waals surface area contributed by atoms with E-state index in [1.165, 1.54) is 16.4 Å². The highest BCUT2D eigenvalue weighted by atomic mass is 32.2. The Bertz CT molecular complexity index is 791. The van der Waals surface area contributed by atoms with Gasteiger partial charge < -0.3 is 5.73 Å². The summed E-state index contributed by atoms with van der Waals surface area (Å²) in [7, 11) is -8.07. The monoisotopic (exact) mass is 383 g/mol. The van der Waals surface area contributed by atoms with Gasteiger partial charge in [0.2, 0.25) is 20.0 Å². The molecule has 0 spiro atoms. The summed E-state index contributed by atoms with van der Waals surface area (Å²) in [6, 6.07) is 4.66. The largest absolute Gasteiger partial charge is 0.325 e. The minimum Gasteiger partial charge on any atom is -0.325 e. The van der Waals surface area contributed by atoms with Crippen LogP contribution in [0.15, 0.2) is 34.1 Å². The lowest BCUT2D eigenvalue weighted by Crippen LogP contribution is -2.41. The van der Waals surface area contributed by atoms with E-state index in [9.17, 15) is 25.6 Å². The molecule has 1 aromatic carbocycles. The van der Waals surface area contributed by atoms with Crippen molar-refractivity contribution in [2.24, 2.45) is 5.73 Å². The van der Waals surface area contributed by atoms with Crippen molar-refractivity contribution in [3.63, 3.8) is 0 Å². The van der Waals surface area contributed by atoms with Gasteiger partial charge in [-0.05, 0) is 31.0 Å². The van der Waals surface area contributed by atoms with E-state index >= 15 is 0 Å². The van der Waals surface area contributed by atoms with Crippen LogP contribution in [0.5, 0.6) is 0 Å². The number of nitrogens with zero attached hydrogens (tertiary/aromatic N) is 1. The summed E-state index contributed by atoms with van der Waals surface area (Å²) in [5.41, 5.74) is 4.86. The summed E-state index contributed by atoms with van der Waals surface area (Å²) in [5.74, 6) is -3.38. The van der Waals surface area contributed by atoms with Crippen LogP contribution in [-0.4, -0.2) is 53.2 Å². The summed E-state index contributed by atoms with van der Waals surface area (Å²) in [5, 5.41) is 0. The first-order valence-corrected chi connectivity index (χ1v) is 10.2. The zero-order chi connectivity index (χ0) is 18.0. The lowest BCUT2D eigenvalue weighted by molar-refractivity contribution is 0.0170. The van der Waals surface area contributed by atoms with Crippen LogP contribution in [-0.2, 0) is 20.0 Å². The number of benzene rings is 1. The van der Waals surface area contributed by atoms with E-state index in [0.717, 1.165) is 25.0 Å². The SMILES string of the molecule is NCC(F)(F)CNS(=O)(=O)c1cccc(S(=O)(=O)N2CCCC2)c1. The average molecular weight is 383 g/mol. The van der Waals surface area contributed by atoms with Crippen LogP contribution in [0, 0.1) is 0 Å². The minimum absolute atomic E-state index is 0.183. The predicted octanol–water partition coefficient (Wildman–Crippen LogP) is 0.343. The zero-order valence-corrected chi connectivity index (χ0v) is 14.4. The van der Waals surface area contributed by atoms with Crippen LogP contribution in [0.4, 0.5) is 8.78 Å². The number of hydrogen-bond donors (Lipinski definition) is 2. The standard InChI is InChI=1S/C13H19F2N3O4S2/c14-13(15,9-16)10-17-23(19,20)11-4-3-5-12(8-11)24(21,22)18-6-1-2-7-18/h3-5,8,17H,1-2,6-7,9-10,16H2. The van der Waals surface area contributed by atoms with Crippen LogP contribution in [0.3, 0.4) is 0 Å². The molecular weight excluding hydrogens is 364 g/mol. The van der Waals surface area contributed by atoms with Gasteiger partial charge >= 0.3 is 0 Å². The van der Waals surface area contributed by atoms with E-state index < -0.39 is 44.0 Å². The molecule has 1 fully saturated rings. The molecule has 2 rings (SSSR count). The number of halogens is 2. The maximum absolute atomic E-state index is 13.1. The number of nitrogens with one attached hydrogen (secondary N) is 1. The summed E-state index contributed by atoms with van der Waals surface area (Å²) in [6.45, 7) is -1.41. The maximum atomic E-state index is 13.1. The van der Waals surface area contributed by atoms with Crippen molar-refractivity contribution < 1.29 is 25.6 Å². The fraction of sp³-hybridized carbons (Fsp3) is 0.538. The summed E-state index contributed by atoms with van der Waals surface area (Å²) in [4.78, 5) is -0.576. The highest BCUT2D eigenvalue weighted by Gasteiger charge is 2.31. The van der Waals surface area contributed by atoms with Crippen molar-refractivity contribution in [2.45, 2.75) is 28.6 Å². The quantitative estimate of drug-likeness (QED) is 0.706. The van der Waals surface area contributed by atoms with Gasteiger partial charge in [0.15, 0.2) is 0 Å². The van der Waals surface area contributed by atoms with Gasteiger partial charge in [0.25, 0.3) is 5.92 Å². The zero-order valence-electron chi connectivity index (χ0n) is 12.8. The van der Waals surface area contributed by atoms with Gasteiger partial charge in [-0.15, -0.1) is 0 Å². The van der Waals surface area contributed by atoms with E-state index in [1.807, 2.05) is 0 Å². The second kappa shape index (κ2) is 7.00. The predicted molar refractivity (Wildman–Crippen MR) is 83.6 cm³/mol. The highest BCUT2D eigenvalue weighted by molar-refractivity contribution is 7.90. The van der Waals surface area contributed by atoms with Gasteiger partial charge in [-0.3, -0.25) is 0 Å². The lowest BCUT2D eigenvalue weighted by atomic mass is 10.3. The number of alkyl halides is 2. The molecule has 0 saturated carbocycles. The molecular formula is C13H19F2N3O4S2. The summed E-state index contributed by atoms with van der Waals surface area (Å²) in [6.07, 6.45) is 1.49. The van der Waals surface area contributed by atoms with Crippen LogP contribution < -0.4 is 10.5 Å². The molecule has 0 amide bonds. The van der Waals surface area contributed by atoms with Crippen molar-refractivity contribution in [3.8, 4) is 0 Å². The Kier molecular flexibility index (Phi) is 5.60. The molecule has 1 heterocycles. The second-order valence-corrected chi connectivity index (χ2v) is 9.18. The minimum atomic E-state index is -4.28. The van der Waals surface area contributed by atoms with Gasteiger partial charge in [-0.1, -0.05) is 6.07 Å². The third-order valence-corrected chi connectivity index (χ3v) is 6.93. The molecule has 3 N–H and O–H groups in total. The third-order valence-electron chi connectivity index (χ3n) is 3.64. The summed E-state index contributed by atoms with van der Waals surface area (Å²) >= 11 is 0. The molecule has 0 radical (unpaired) electrons. The Morgan fingerprint density at radius 2 is 1.71 bits per heavy atom. The Labute approximate surface area is 139 Å². The Hall–Kier alpha value is -1.14. The number of rotatable bonds is 7. The smallest absolute Gasteiger partial charge is 0.273 e. The molecule has 0 unspecified atom stereocenters. The molecule has 1 aliphatic rings. The molecule has 1 aliphatic heterocycles. The third kappa shape index (κ3) is 4.28. The van der Waals surface area contributed by atoms with Crippen molar-refractivity contribution in [3.05, 3.63) is 24.3 Å². The molecule has 0 aromatic heterocycles. The van der Waals surface area contributed by atoms with E-state index in [1.54, 1.807) is 4.72 Å². The first-order valence-electron chi connectivity index (χ1n) is 7.26. The van der Waals surface area contributed by atoms with E-state index in [0.29, 0.717) is 13.1 Å². The van der Waals surface area contributed by atoms with Gasteiger partial charge in [0.1, 0.15) is 0 Å². The van der Waals surface area contributed by atoms with E-state index in [2.05, 4.69) is 0 Å². The molecule has 0 aliphatic carbocycles. The van der Waals surface area contributed by atoms with Gasteiger partial charge in [-0.2, -0.15) is 4.31 Å². The van der Waals surface area contributed by atoms with E-state index in [4.69, 9.17) is 5.73 Å².